The van der Waals surface area contributed by atoms with Crippen LogP contribution in [-0.2, 0) is 0 Å². The van der Waals surface area contributed by atoms with Gasteiger partial charge in [0.15, 0.2) is 11.6 Å². The average Bonchev–Trinajstić information content (AvgIpc) is 2.44. The highest BCUT2D eigenvalue weighted by atomic mass is 19.1. The van der Waals surface area contributed by atoms with Crippen LogP contribution in [0.15, 0.2) is 18.2 Å². The minimum atomic E-state index is -0.631. The molecular weight excluding hydrogens is 267 g/mol. The third kappa shape index (κ3) is 8.59. The summed E-state index contributed by atoms with van der Waals surface area (Å²) < 4.78 is 18.5. The van der Waals surface area contributed by atoms with Crippen LogP contribution < -0.4 is 4.74 Å². The summed E-state index contributed by atoms with van der Waals surface area (Å²) in [5.41, 5.74) is 0. The minimum absolute atomic E-state index is 0.334. The summed E-state index contributed by atoms with van der Waals surface area (Å²) in [7, 11) is 0. The Balaban J connectivity index is 1.94. The molecule has 0 aliphatic rings. The number of ether oxygens (including phenoxy) is 1. The molecule has 0 radical (unpaired) electrons. The Bertz CT molecular complexity index is 391. The Kier molecular flexibility index (Phi) is 8.88. The maximum absolute atomic E-state index is 13.1. The molecule has 21 heavy (non-hydrogen) atoms. The Morgan fingerprint density at radius 1 is 1.00 bits per heavy atom. The molecule has 1 aromatic rings. The van der Waals surface area contributed by atoms with Gasteiger partial charge in [-0.1, -0.05) is 58.8 Å². The zero-order valence-corrected chi connectivity index (χ0v) is 13.4. The van der Waals surface area contributed by atoms with E-state index in [0.717, 1.165) is 18.8 Å². The molecule has 0 aromatic heterocycles. The van der Waals surface area contributed by atoms with E-state index in [1.807, 2.05) is 0 Å². The largest absolute Gasteiger partial charge is 0.505 e. The Labute approximate surface area is 128 Å². The minimum Gasteiger partial charge on any atom is -0.505 e. The molecule has 1 rings (SSSR count). The monoisotopic (exact) mass is 296 g/mol. The van der Waals surface area contributed by atoms with Gasteiger partial charge >= 0.3 is 0 Å². The number of phenolic OH excluding ortho intramolecular Hbond substituents is 1. The second-order valence-electron chi connectivity index (χ2n) is 6.12. The first-order valence-electron chi connectivity index (χ1n) is 8.21. The third-order valence-electron chi connectivity index (χ3n) is 3.61. The molecule has 0 unspecified atom stereocenters. The SMILES string of the molecule is CC(C)CCCCCCCCCOc1ccc(O)c(F)c1. The predicted molar refractivity (Wildman–Crippen MR) is 85.3 cm³/mol. The number of aromatic hydroxyl groups is 1. The topological polar surface area (TPSA) is 29.5 Å². The second kappa shape index (κ2) is 10.5. The molecule has 0 atom stereocenters. The average molecular weight is 296 g/mol. The normalized spacial score (nSPS) is 11.0. The van der Waals surface area contributed by atoms with Crippen LogP contribution in [0, 0.1) is 11.7 Å². The summed E-state index contributed by atoms with van der Waals surface area (Å²) in [6.45, 7) is 5.16. The summed E-state index contributed by atoms with van der Waals surface area (Å²) in [6.07, 6.45) is 10.1. The molecule has 3 heteroatoms. The van der Waals surface area contributed by atoms with E-state index in [1.54, 1.807) is 6.07 Å². The van der Waals surface area contributed by atoms with E-state index in [0.29, 0.717) is 12.4 Å². The van der Waals surface area contributed by atoms with Crippen LogP contribution in [-0.4, -0.2) is 11.7 Å². The number of unbranched alkanes of at least 4 members (excludes halogenated alkanes) is 6. The van der Waals surface area contributed by atoms with Gasteiger partial charge in [-0.2, -0.15) is 0 Å². The molecule has 0 fully saturated rings. The van der Waals surface area contributed by atoms with Crippen LogP contribution in [0.5, 0.6) is 11.5 Å². The summed E-state index contributed by atoms with van der Waals surface area (Å²) in [5.74, 6) is 0.347. The van der Waals surface area contributed by atoms with E-state index in [-0.39, 0.29) is 5.75 Å². The van der Waals surface area contributed by atoms with Crippen molar-refractivity contribution >= 4 is 0 Å². The van der Waals surface area contributed by atoms with E-state index < -0.39 is 5.82 Å². The molecule has 0 saturated heterocycles. The van der Waals surface area contributed by atoms with Gasteiger partial charge in [-0.3, -0.25) is 0 Å². The summed E-state index contributed by atoms with van der Waals surface area (Å²) >= 11 is 0. The zero-order chi connectivity index (χ0) is 15.5. The van der Waals surface area contributed by atoms with Crippen LogP contribution in [0.3, 0.4) is 0 Å². The maximum Gasteiger partial charge on any atom is 0.168 e. The highest BCUT2D eigenvalue weighted by molar-refractivity contribution is 5.31. The first kappa shape index (κ1) is 17.8. The summed E-state index contributed by atoms with van der Waals surface area (Å²) in [6, 6.07) is 4.14. The molecule has 0 heterocycles. The van der Waals surface area contributed by atoms with Crippen molar-refractivity contribution in [3.8, 4) is 11.5 Å². The zero-order valence-electron chi connectivity index (χ0n) is 13.4. The number of rotatable bonds is 11. The maximum atomic E-state index is 13.1. The van der Waals surface area contributed by atoms with Gasteiger partial charge in [0.2, 0.25) is 0 Å². The van der Waals surface area contributed by atoms with Gasteiger partial charge in [0.05, 0.1) is 6.61 Å². The van der Waals surface area contributed by atoms with Crippen molar-refractivity contribution < 1.29 is 14.2 Å². The second-order valence-corrected chi connectivity index (χ2v) is 6.12. The lowest BCUT2D eigenvalue weighted by atomic mass is 10.0. The number of halogens is 1. The number of phenols is 1. The fourth-order valence-corrected chi connectivity index (χ4v) is 2.31. The molecule has 1 aromatic carbocycles. The van der Waals surface area contributed by atoms with Crippen LogP contribution in [0.2, 0.25) is 0 Å². The van der Waals surface area contributed by atoms with Crippen molar-refractivity contribution in [3.63, 3.8) is 0 Å². The fourth-order valence-electron chi connectivity index (χ4n) is 2.31. The molecule has 0 bridgehead atoms. The van der Waals surface area contributed by atoms with Gasteiger partial charge in [-0.15, -0.1) is 0 Å². The van der Waals surface area contributed by atoms with Gasteiger partial charge in [-0.05, 0) is 24.5 Å². The highest BCUT2D eigenvalue weighted by Crippen LogP contribution is 2.21. The molecule has 0 saturated carbocycles. The van der Waals surface area contributed by atoms with E-state index in [2.05, 4.69) is 13.8 Å². The predicted octanol–water partition coefficient (Wildman–Crippen LogP) is 5.69. The molecule has 1 N–H and O–H groups in total. The lowest BCUT2D eigenvalue weighted by molar-refractivity contribution is 0.301. The van der Waals surface area contributed by atoms with Crippen molar-refractivity contribution in [3.05, 3.63) is 24.0 Å². The Hall–Kier alpha value is -1.25. The smallest absolute Gasteiger partial charge is 0.168 e. The Morgan fingerprint density at radius 2 is 1.62 bits per heavy atom. The lowest BCUT2D eigenvalue weighted by Gasteiger charge is -2.07. The molecule has 0 amide bonds. The molecule has 2 nitrogen and oxygen atoms in total. The number of hydrogen-bond donors (Lipinski definition) is 1. The third-order valence-corrected chi connectivity index (χ3v) is 3.61. The van der Waals surface area contributed by atoms with Crippen molar-refractivity contribution in [1.82, 2.24) is 0 Å². The van der Waals surface area contributed by atoms with Gasteiger partial charge in [-0.25, -0.2) is 4.39 Å². The van der Waals surface area contributed by atoms with Crippen molar-refractivity contribution in [2.24, 2.45) is 5.92 Å². The standard InChI is InChI=1S/C18H29FO2/c1-15(2)10-8-6-4-3-5-7-9-13-21-16-11-12-18(20)17(19)14-16/h11-12,14-15,20H,3-10,13H2,1-2H3. The van der Waals surface area contributed by atoms with E-state index in [4.69, 9.17) is 9.84 Å². The first-order valence-corrected chi connectivity index (χ1v) is 8.21. The molecule has 0 spiro atoms. The van der Waals surface area contributed by atoms with E-state index >= 15 is 0 Å². The molecule has 120 valence electrons. The Morgan fingerprint density at radius 3 is 2.24 bits per heavy atom. The fraction of sp³-hybridized carbons (Fsp3) is 0.667. The first-order chi connectivity index (χ1) is 10.1. The van der Waals surface area contributed by atoms with Gasteiger partial charge in [0, 0.05) is 6.07 Å². The van der Waals surface area contributed by atoms with Crippen molar-refractivity contribution in [2.45, 2.75) is 65.2 Å². The van der Waals surface area contributed by atoms with Crippen LogP contribution >= 0.6 is 0 Å². The molecule has 0 aliphatic heterocycles. The van der Waals surface area contributed by atoms with E-state index in [9.17, 15) is 4.39 Å². The van der Waals surface area contributed by atoms with Crippen LogP contribution in [0.4, 0.5) is 4.39 Å². The van der Waals surface area contributed by atoms with Gasteiger partial charge in [0.1, 0.15) is 5.75 Å². The summed E-state index contributed by atoms with van der Waals surface area (Å²) in [4.78, 5) is 0. The summed E-state index contributed by atoms with van der Waals surface area (Å²) in [5, 5.41) is 9.07. The number of hydrogen-bond acceptors (Lipinski definition) is 2. The van der Waals surface area contributed by atoms with Gasteiger partial charge in [0.25, 0.3) is 0 Å². The van der Waals surface area contributed by atoms with Crippen LogP contribution in [0.1, 0.15) is 65.2 Å². The molecular formula is C18H29FO2. The quantitative estimate of drug-likeness (QED) is 0.532. The highest BCUT2D eigenvalue weighted by Gasteiger charge is 2.02. The lowest BCUT2D eigenvalue weighted by Crippen LogP contribution is -1.97. The van der Waals surface area contributed by atoms with Crippen molar-refractivity contribution in [2.75, 3.05) is 6.61 Å². The van der Waals surface area contributed by atoms with Crippen molar-refractivity contribution in [1.29, 1.82) is 0 Å². The number of benzene rings is 1. The van der Waals surface area contributed by atoms with Gasteiger partial charge < -0.3 is 9.84 Å². The molecule has 0 aliphatic carbocycles. The van der Waals surface area contributed by atoms with E-state index in [1.165, 1.54) is 50.7 Å². The van der Waals surface area contributed by atoms with Crippen LogP contribution in [0.25, 0.3) is 0 Å².